The van der Waals surface area contributed by atoms with Gasteiger partial charge in [0.05, 0.1) is 5.69 Å². The van der Waals surface area contributed by atoms with Crippen LogP contribution in [0.15, 0.2) is 118 Å². The van der Waals surface area contributed by atoms with E-state index in [4.69, 9.17) is 4.99 Å². The molecule has 0 bridgehead atoms. The lowest BCUT2D eigenvalue weighted by Crippen LogP contribution is -2.08. The number of hydrogen-bond acceptors (Lipinski definition) is 6. The van der Waals surface area contributed by atoms with Crippen LogP contribution >= 0.6 is 11.3 Å². The Balaban J connectivity index is 1.43. The standard InChI is InChI=1S/C28H24N6S/c1-34(2)25-16-13-21(14-17-25)27(33-32-23-10-4-3-5-11-23)31-28-30-26(19-35-28)29-24-15-12-20-8-6-7-9-22(20)18-24/h3-19,29H,1-2H3/b31-27+,33-32?. The van der Waals surface area contributed by atoms with Crippen molar-refractivity contribution in [3.8, 4) is 0 Å². The molecule has 0 aliphatic rings. The third kappa shape index (κ3) is 5.59. The largest absolute Gasteiger partial charge is 0.378 e. The van der Waals surface area contributed by atoms with Crippen molar-refractivity contribution in [1.82, 2.24) is 4.98 Å². The number of aromatic nitrogens is 1. The first kappa shape index (κ1) is 22.4. The number of thiazole rings is 1. The maximum Gasteiger partial charge on any atom is 0.213 e. The van der Waals surface area contributed by atoms with Gasteiger partial charge in [0.15, 0.2) is 5.84 Å². The van der Waals surface area contributed by atoms with Crippen molar-refractivity contribution in [3.05, 3.63) is 108 Å². The highest BCUT2D eigenvalue weighted by Crippen LogP contribution is 2.28. The molecule has 5 aromatic rings. The number of nitrogens with zero attached hydrogens (tertiary/aromatic N) is 5. The molecule has 0 spiro atoms. The summed E-state index contributed by atoms with van der Waals surface area (Å²) >= 11 is 1.45. The van der Waals surface area contributed by atoms with E-state index in [2.05, 4.69) is 55.8 Å². The molecular weight excluding hydrogens is 452 g/mol. The first-order chi connectivity index (χ1) is 17.1. The molecule has 0 radical (unpaired) electrons. The van der Waals surface area contributed by atoms with Crippen LogP contribution in [0.5, 0.6) is 0 Å². The molecule has 0 unspecified atom stereocenters. The van der Waals surface area contributed by atoms with Gasteiger partial charge in [-0.15, -0.1) is 21.6 Å². The number of amidine groups is 1. The molecule has 0 fully saturated rings. The zero-order valence-corrected chi connectivity index (χ0v) is 20.3. The number of aliphatic imine (C=N–C) groups is 1. The molecule has 7 heteroatoms. The van der Waals surface area contributed by atoms with Crippen molar-refractivity contribution in [2.24, 2.45) is 15.2 Å². The summed E-state index contributed by atoms with van der Waals surface area (Å²) in [7, 11) is 4.03. The number of hydrogen-bond donors (Lipinski definition) is 1. The molecule has 4 aromatic carbocycles. The summed E-state index contributed by atoms with van der Waals surface area (Å²) < 4.78 is 0. The molecule has 0 atom stereocenters. The second kappa shape index (κ2) is 10.3. The first-order valence-corrected chi connectivity index (χ1v) is 12.1. The molecule has 1 N–H and O–H groups in total. The van der Waals surface area contributed by atoms with Crippen LogP contribution in [-0.4, -0.2) is 24.9 Å². The Labute approximate surface area is 208 Å². The minimum atomic E-state index is 0.505. The van der Waals surface area contributed by atoms with E-state index in [-0.39, 0.29) is 0 Å². The highest BCUT2D eigenvalue weighted by Gasteiger charge is 2.08. The molecule has 0 aliphatic carbocycles. The second-order valence-corrected chi connectivity index (χ2v) is 8.95. The van der Waals surface area contributed by atoms with Crippen molar-refractivity contribution in [1.29, 1.82) is 0 Å². The van der Waals surface area contributed by atoms with Crippen molar-refractivity contribution < 1.29 is 0 Å². The number of fused-ring (bicyclic) bond motifs is 1. The summed E-state index contributed by atoms with van der Waals surface area (Å²) in [6.07, 6.45) is 0. The fraction of sp³-hybridized carbons (Fsp3) is 0.0714. The maximum absolute atomic E-state index is 4.74. The van der Waals surface area contributed by atoms with Crippen molar-refractivity contribution in [2.75, 3.05) is 24.3 Å². The van der Waals surface area contributed by atoms with Crippen molar-refractivity contribution in [2.45, 2.75) is 0 Å². The number of nitrogens with one attached hydrogen (secondary N) is 1. The SMILES string of the molecule is CN(C)c1ccc(/C(N=Nc2ccccc2)=N\c2nc(Nc3ccc4ccccc4c3)cs2)cc1. The molecule has 1 heterocycles. The van der Waals surface area contributed by atoms with Crippen LogP contribution in [0.4, 0.5) is 28.0 Å². The monoisotopic (exact) mass is 476 g/mol. The Morgan fingerprint density at radius 2 is 1.57 bits per heavy atom. The summed E-state index contributed by atoms with van der Waals surface area (Å²) in [5.74, 6) is 1.25. The van der Waals surface area contributed by atoms with Gasteiger partial charge in [-0.3, -0.25) is 0 Å². The summed E-state index contributed by atoms with van der Waals surface area (Å²) in [5, 5.41) is 17.2. The van der Waals surface area contributed by atoms with Crippen molar-refractivity contribution >= 4 is 56.0 Å². The van der Waals surface area contributed by atoms with Crippen LogP contribution in [-0.2, 0) is 0 Å². The highest BCUT2D eigenvalue weighted by molar-refractivity contribution is 7.13. The molecule has 0 saturated heterocycles. The third-order valence-electron chi connectivity index (χ3n) is 5.37. The van der Waals surface area contributed by atoms with Gasteiger partial charge < -0.3 is 10.2 Å². The smallest absolute Gasteiger partial charge is 0.213 e. The maximum atomic E-state index is 4.74. The fourth-order valence-electron chi connectivity index (χ4n) is 3.53. The summed E-state index contributed by atoms with van der Waals surface area (Å²) in [5.41, 5.74) is 3.72. The van der Waals surface area contributed by atoms with E-state index < -0.39 is 0 Å². The van der Waals surface area contributed by atoms with Gasteiger partial charge in [0, 0.05) is 36.4 Å². The van der Waals surface area contributed by atoms with Crippen LogP contribution in [0.1, 0.15) is 5.56 Å². The molecule has 0 amide bonds. The van der Waals surface area contributed by atoms with Crippen LogP contribution < -0.4 is 10.2 Å². The number of azo groups is 1. The van der Waals surface area contributed by atoms with E-state index >= 15 is 0 Å². The molecule has 1 aromatic heterocycles. The minimum Gasteiger partial charge on any atom is -0.378 e. The Morgan fingerprint density at radius 3 is 2.34 bits per heavy atom. The predicted octanol–water partition coefficient (Wildman–Crippen LogP) is 7.97. The zero-order chi connectivity index (χ0) is 24.0. The van der Waals surface area contributed by atoms with Gasteiger partial charge in [0.1, 0.15) is 5.82 Å². The van der Waals surface area contributed by atoms with Gasteiger partial charge in [0.2, 0.25) is 5.13 Å². The first-order valence-electron chi connectivity index (χ1n) is 11.2. The zero-order valence-electron chi connectivity index (χ0n) is 19.5. The number of benzene rings is 4. The average molecular weight is 477 g/mol. The molecular formula is C28H24N6S. The van der Waals surface area contributed by atoms with Crippen LogP contribution in [0.3, 0.4) is 0 Å². The van der Waals surface area contributed by atoms with E-state index in [1.54, 1.807) is 0 Å². The van der Waals surface area contributed by atoms with E-state index in [1.807, 2.05) is 86.2 Å². The van der Waals surface area contributed by atoms with E-state index in [1.165, 1.54) is 22.1 Å². The van der Waals surface area contributed by atoms with Gasteiger partial charge in [-0.25, -0.2) is 4.98 Å². The quantitative estimate of drug-likeness (QED) is 0.153. The van der Waals surface area contributed by atoms with Crippen LogP contribution in [0.25, 0.3) is 10.8 Å². The third-order valence-corrected chi connectivity index (χ3v) is 6.11. The molecule has 172 valence electrons. The van der Waals surface area contributed by atoms with E-state index in [0.29, 0.717) is 11.0 Å². The van der Waals surface area contributed by atoms with E-state index in [9.17, 15) is 0 Å². The Hall–Kier alpha value is -4.36. The second-order valence-electron chi connectivity index (χ2n) is 8.11. The van der Waals surface area contributed by atoms with Gasteiger partial charge in [-0.1, -0.05) is 48.5 Å². The van der Waals surface area contributed by atoms with Crippen LogP contribution in [0, 0.1) is 0 Å². The molecule has 6 nitrogen and oxygen atoms in total. The van der Waals surface area contributed by atoms with Crippen LogP contribution in [0.2, 0.25) is 0 Å². The lowest BCUT2D eigenvalue weighted by Gasteiger charge is -2.12. The topological polar surface area (TPSA) is 65.2 Å². The molecule has 5 rings (SSSR count). The summed E-state index contributed by atoms with van der Waals surface area (Å²) in [4.78, 5) is 11.5. The van der Waals surface area contributed by atoms with E-state index in [0.717, 1.165) is 28.4 Å². The highest BCUT2D eigenvalue weighted by atomic mass is 32.1. The molecule has 0 aliphatic heterocycles. The summed E-state index contributed by atoms with van der Waals surface area (Å²) in [6.45, 7) is 0. The normalized spacial score (nSPS) is 11.8. The van der Waals surface area contributed by atoms with Gasteiger partial charge >= 0.3 is 0 Å². The Morgan fingerprint density at radius 1 is 0.829 bits per heavy atom. The Bertz CT molecular complexity index is 1490. The average Bonchev–Trinajstić information content (AvgIpc) is 3.33. The lowest BCUT2D eigenvalue weighted by atomic mass is 10.1. The number of rotatable bonds is 6. The van der Waals surface area contributed by atoms with Crippen molar-refractivity contribution in [3.63, 3.8) is 0 Å². The lowest BCUT2D eigenvalue weighted by molar-refractivity contribution is 1.13. The van der Waals surface area contributed by atoms with Gasteiger partial charge in [-0.05, 0) is 59.3 Å². The fourth-order valence-corrected chi connectivity index (χ4v) is 4.15. The molecule has 0 saturated carbocycles. The Kier molecular flexibility index (Phi) is 6.59. The molecule has 35 heavy (non-hydrogen) atoms. The van der Waals surface area contributed by atoms with Gasteiger partial charge in [0.25, 0.3) is 0 Å². The number of anilines is 3. The summed E-state index contributed by atoms with van der Waals surface area (Å²) in [6, 6.07) is 32.3. The minimum absolute atomic E-state index is 0.505. The predicted molar refractivity (Wildman–Crippen MR) is 147 cm³/mol. The van der Waals surface area contributed by atoms with Gasteiger partial charge in [-0.2, -0.15) is 4.99 Å².